The lowest BCUT2D eigenvalue weighted by molar-refractivity contribution is 1.18. The third-order valence-electron chi connectivity index (χ3n) is 19.4. The lowest BCUT2D eigenvalue weighted by Crippen LogP contribution is -2.04. The zero-order valence-electron chi connectivity index (χ0n) is 53.9. The number of hydrogen-bond acceptors (Lipinski definition) is 2. The van der Waals surface area contributed by atoms with Gasteiger partial charge in [0, 0.05) is 71.6 Å². The third-order valence-corrected chi connectivity index (χ3v) is 19.4. The fourth-order valence-electron chi connectivity index (χ4n) is 15.0. The Morgan fingerprint density at radius 3 is 0.768 bits per heavy atom. The molecule has 4 aromatic heterocycles. The SMILES string of the molecule is Cc1ccc2c(c1)c1cc(C)ccc1n2-c1ccc(-c2c(C#N)c(-c3ccccc3)c(-c3cc(-c4ccccc4)nc(-c4ccccc4)c3)c(-c3ccc(-n4c5ccc(C)cc5c5cc(C)ccc54)cc3)c2-c2ccc(-n3c4ccc(C)cc4c4cc(C)ccc43)cc2)cc1. The fourth-order valence-corrected chi connectivity index (χ4v) is 15.0. The quantitative estimate of drug-likeness (QED) is 0.137. The molecule has 0 fully saturated rings. The summed E-state index contributed by atoms with van der Waals surface area (Å²) in [6, 6.07) is 107. The Morgan fingerprint density at radius 2 is 0.484 bits per heavy atom. The summed E-state index contributed by atoms with van der Waals surface area (Å²) >= 11 is 0. The van der Waals surface area contributed by atoms with Crippen molar-refractivity contribution in [2.24, 2.45) is 0 Å². The molecule has 0 spiro atoms. The van der Waals surface area contributed by atoms with Crippen molar-refractivity contribution in [1.82, 2.24) is 18.7 Å². The number of nitriles is 1. The van der Waals surface area contributed by atoms with Gasteiger partial charge in [-0.3, -0.25) is 0 Å². The molecule has 5 nitrogen and oxygen atoms in total. The van der Waals surface area contributed by atoms with Crippen LogP contribution >= 0.6 is 0 Å². The van der Waals surface area contributed by atoms with Crippen LogP contribution in [0.5, 0.6) is 0 Å². The molecular weight excluding hydrogens is 1150 g/mol. The van der Waals surface area contributed by atoms with Crippen LogP contribution in [0.3, 0.4) is 0 Å². The van der Waals surface area contributed by atoms with Gasteiger partial charge in [-0.1, -0.05) is 197 Å². The molecule has 13 aromatic carbocycles. The number of pyridine rings is 1. The Kier molecular flexibility index (Phi) is 13.5. The van der Waals surface area contributed by atoms with E-state index in [1.165, 1.54) is 65.7 Å². The van der Waals surface area contributed by atoms with Crippen molar-refractivity contribution >= 4 is 65.4 Å². The van der Waals surface area contributed by atoms with Gasteiger partial charge in [0.25, 0.3) is 0 Å². The van der Waals surface area contributed by atoms with Crippen molar-refractivity contribution in [3.63, 3.8) is 0 Å². The minimum Gasteiger partial charge on any atom is -0.309 e. The summed E-state index contributed by atoms with van der Waals surface area (Å²) in [5, 5.41) is 19.9. The van der Waals surface area contributed by atoms with Gasteiger partial charge < -0.3 is 13.7 Å². The molecule has 5 heteroatoms. The first-order valence-electron chi connectivity index (χ1n) is 32.7. The van der Waals surface area contributed by atoms with Crippen molar-refractivity contribution < 1.29 is 0 Å². The van der Waals surface area contributed by atoms with Gasteiger partial charge in [0.15, 0.2) is 0 Å². The van der Waals surface area contributed by atoms with Crippen LogP contribution in [0.15, 0.2) is 285 Å². The molecule has 0 aliphatic heterocycles. The van der Waals surface area contributed by atoms with E-state index in [1.54, 1.807) is 0 Å². The largest absolute Gasteiger partial charge is 0.309 e. The molecule has 0 aliphatic rings. The van der Waals surface area contributed by atoms with Gasteiger partial charge in [-0.05, 0) is 207 Å². The molecule has 450 valence electrons. The topological polar surface area (TPSA) is 51.5 Å². The van der Waals surface area contributed by atoms with Gasteiger partial charge in [-0.2, -0.15) is 5.26 Å². The summed E-state index contributed by atoms with van der Waals surface area (Å²) in [5.74, 6) is 0. The van der Waals surface area contributed by atoms with Crippen LogP contribution in [0.1, 0.15) is 38.9 Å². The molecule has 0 saturated carbocycles. The van der Waals surface area contributed by atoms with Crippen molar-refractivity contribution in [3.8, 4) is 101 Å². The van der Waals surface area contributed by atoms with Crippen LogP contribution in [0, 0.1) is 52.9 Å². The molecule has 0 aliphatic carbocycles. The Morgan fingerprint density at radius 1 is 0.242 bits per heavy atom. The number of rotatable bonds is 10. The number of fused-ring (bicyclic) bond motifs is 9. The summed E-state index contributed by atoms with van der Waals surface area (Å²) < 4.78 is 7.20. The van der Waals surface area contributed by atoms with Gasteiger partial charge in [0.05, 0.1) is 50.1 Å². The second-order valence-corrected chi connectivity index (χ2v) is 25.9. The van der Waals surface area contributed by atoms with Crippen LogP contribution in [0.25, 0.3) is 161 Å². The molecular formula is C90H65N5. The lowest BCUT2D eigenvalue weighted by Gasteiger charge is -2.27. The number of hydrogen-bond donors (Lipinski definition) is 0. The Balaban J connectivity index is 0.999. The summed E-state index contributed by atoms with van der Waals surface area (Å²) in [6.07, 6.45) is 0. The number of benzene rings is 13. The molecule has 95 heavy (non-hydrogen) atoms. The molecule has 17 rings (SSSR count). The van der Waals surface area contributed by atoms with Gasteiger partial charge in [-0.15, -0.1) is 0 Å². The van der Waals surface area contributed by atoms with Gasteiger partial charge in [0.2, 0.25) is 0 Å². The van der Waals surface area contributed by atoms with E-state index in [0.29, 0.717) is 5.56 Å². The maximum atomic E-state index is 12.6. The lowest BCUT2D eigenvalue weighted by atomic mass is 9.75. The third kappa shape index (κ3) is 9.56. The van der Waals surface area contributed by atoms with Crippen molar-refractivity contribution in [3.05, 3.63) is 324 Å². The first kappa shape index (κ1) is 56.8. The minimum absolute atomic E-state index is 0.574. The highest BCUT2D eigenvalue weighted by Gasteiger charge is 2.30. The summed E-state index contributed by atoms with van der Waals surface area (Å²) in [6.45, 7) is 13.0. The highest BCUT2D eigenvalue weighted by Crippen LogP contribution is 2.54. The Bertz CT molecular complexity index is 5740. The Labute approximate surface area is 553 Å². The highest BCUT2D eigenvalue weighted by molar-refractivity contribution is 6.14. The second kappa shape index (κ2) is 22.6. The molecule has 17 aromatic rings. The second-order valence-electron chi connectivity index (χ2n) is 25.9. The number of nitrogens with zero attached hydrogens (tertiary/aromatic N) is 5. The summed E-state index contributed by atoms with van der Waals surface area (Å²) in [7, 11) is 0. The van der Waals surface area contributed by atoms with Crippen LogP contribution in [0.2, 0.25) is 0 Å². The van der Waals surface area contributed by atoms with Gasteiger partial charge in [0.1, 0.15) is 6.07 Å². The Hall–Kier alpha value is -12.1. The van der Waals surface area contributed by atoms with E-state index >= 15 is 0 Å². The van der Waals surface area contributed by atoms with E-state index in [0.717, 1.165) is 128 Å². The van der Waals surface area contributed by atoms with E-state index in [4.69, 9.17) is 4.98 Å². The van der Waals surface area contributed by atoms with Crippen LogP contribution in [-0.2, 0) is 0 Å². The predicted octanol–water partition coefficient (Wildman–Crippen LogP) is 23.8. The number of aryl methyl sites for hydroxylation is 6. The van der Waals surface area contributed by atoms with Crippen LogP contribution in [0.4, 0.5) is 0 Å². The predicted molar refractivity (Wildman–Crippen MR) is 398 cm³/mol. The van der Waals surface area contributed by atoms with Crippen LogP contribution in [-0.4, -0.2) is 18.7 Å². The first-order valence-corrected chi connectivity index (χ1v) is 32.7. The van der Waals surface area contributed by atoms with Gasteiger partial charge in [-0.25, -0.2) is 4.98 Å². The molecule has 0 atom stereocenters. The fraction of sp³-hybridized carbons (Fsp3) is 0.0667. The van der Waals surface area contributed by atoms with E-state index in [-0.39, 0.29) is 0 Å². The maximum absolute atomic E-state index is 12.6. The average Bonchev–Trinajstić information content (AvgIpc) is 1.41. The maximum Gasteiger partial charge on any atom is 0.100 e. The zero-order valence-corrected chi connectivity index (χ0v) is 53.9. The van der Waals surface area contributed by atoms with Gasteiger partial charge >= 0.3 is 0 Å². The van der Waals surface area contributed by atoms with E-state index in [2.05, 4.69) is 346 Å². The number of aromatic nitrogens is 4. The summed E-state index contributed by atoms with van der Waals surface area (Å²) in [5.41, 5.74) is 30.9. The zero-order chi connectivity index (χ0) is 64.2. The molecule has 0 saturated heterocycles. The minimum atomic E-state index is 0.574. The standard InChI is InChI=1S/C90H65N5/c1-55-22-40-80-71(46-55)72-47-56(2)23-41-81(72)93(80)68-34-28-64(29-35-68)87-77(54-91)86(63-20-14-9-15-21-63)90(67-52-78(61-16-10-7-11-17-61)92-79(53-67)62-18-12-8-13-19-62)89(66-32-38-70(39-33-66)95-84-44-26-59(5)50-75(84)76-51-60(6)27-45-85(76)95)88(87)65-30-36-69(37-31-65)94-82-42-24-57(3)48-73(82)74-49-58(4)25-43-83(74)94/h7-53H,1-6H3. The van der Waals surface area contributed by atoms with E-state index < -0.39 is 0 Å². The van der Waals surface area contributed by atoms with E-state index in [1.807, 2.05) is 0 Å². The van der Waals surface area contributed by atoms with Crippen molar-refractivity contribution in [1.29, 1.82) is 5.26 Å². The normalized spacial score (nSPS) is 11.7. The van der Waals surface area contributed by atoms with E-state index in [9.17, 15) is 5.26 Å². The first-order chi connectivity index (χ1) is 46.5. The molecule has 0 bridgehead atoms. The highest BCUT2D eigenvalue weighted by atomic mass is 15.0. The monoisotopic (exact) mass is 1220 g/mol. The summed E-state index contributed by atoms with van der Waals surface area (Å²) in [4.78, 5) is 5.48. The molecule has 0 amide bonds. The van der Waals surface area contributed by atoms with Crippen molar-refractivity contribution in [2.75, 3.05) is 0 Å². The molecule has 0 radical (unpaired) electrons. The molecule has 4 heterocycles. The average molecular weight is 1220 g/mol. The smallest absolute Gasteiger partial charge is 0.100 e. The van der Waals surface area contributed by atoms with Crippen LogP contribution < -0.4 is 0 Å². The molecule has 0 N–H and O–H groups in total. The molecule has 0 unspecified atom stereocenters. The van der Waals surface area contributed by atoms with Crippen molar-refractivity contribution in [2.45, 2.75) is 41.5 Å².